The highest BCUT2D eigenvalue weighted by atomic mass is 19.4. The second kappa shape index (κ2) is 8.52. The third-order valence-corrected chi connectivity index (χ3v) is 5.42. The van der Waals surface area contributed by atoms with Gasteiger partial charge in [-0.1, -0.05) is 6.07 Å². The van der Waals surface area contributed by atoms with Gasteiger partial charge in [0.15, 0.2) is 0 Å². The summed E-state index contributed by atoms with van der Waals surface area (Å²) < 4.78 is 96.8. The normalized spacial score (nSPS) is 18.4. The number of amides is 2. The van der Waals surface area contributed by atoms with Crippen molar-refractivity contribution in [3.05, 3.63) is 47.3 Å². The number of carbonyl (C=O) groups excluding carboxylic acids is 3. The summed E-state index contributed by atoms with van der Waals surface area (Å²) in [6.07, 6.45) is -10.9. The Labute approximate surface area is 191 Å². The van der Waals surface area contributed by atoms with E-state index in [1.54, 1.807) is 0 Å². The average Bonchev–Trinajstić information content (AvgIpc) is 2.88. The highest BCUT2D eigenvalue weighted by molar-refractivity contribution is 6.10. The van der Waals surface area contributed by atoms with Gasteiger partial charge in [-0.3, -0.25) is 9.59 Å². The number of ether oxygens (including phenoxy) is 1. The number of anilines is 1. The highest BCUT2D eigenvalue weighted by Crippen LogP contribution is 2.40. The number of alkyl halides is 6. The lowest BCUT2D eigenvalue weighted by Crippen LogP contribution is -2.57. The molecule has 7 nitrogen and oxygen atoms in total. The summed E-state index contributed by atoms with van der Waals surface area (Å²) >= 11 is 0. The summed E-state index contributed by atoms with van der Waals surface area (Å²) in [6, 6.07) is 2.81. The maximum atomic E-state index is 14.9. The first-order chi connectivity index (χ1) is 16.3. The van der Waals surface area contributed by atoms with Crippen molar-refractivity contribution in [3.8, 4) is 16.9 Å². The topological polar surface area (TPSA) is 87.7 Å². The van der Waals surface area contributed by atoms with Crippen LogP contribution in [0.5, 0.6) is 5.75 Å². The van der Waals surface area contributed by atoms with E-state index in [9.17, 15) is 45.1 Å². The zero-order valence-corrected chi connectivity index (χ0v) is 17.3. The second-order valence-electron chi connectivity index (χ2n) is 7.69. The molecule has 0 radical (unpaired) electrons. The monoisotopic (exact) mass is 505 g/mol. The Morgan fingerprint density at radius 1 is 1.03 bits per heavy atom. The summed E-state index contributed by atoms with van der Waals surface area (Å²) in [6.45, 7) is 0.686. The van der Waals surface area contributed by atoms with Crippen LogP contribution in [0.1, 0.15) is 15.9 Å². The largest absolute Gasteiger partial charge is 0.491 e. The lowest BCUT2D eigenvalue weighted by atomic mass is 9.98. The van der Waals surface area contributed by atoms with E-state index in [0.29, 0.717) is 12.6 Å². The fourth-order valence-corrected chi connectivity index (χ4v) is 3.79. The van der Waals surface area contributed by atoms with Gasteiger partial charge in [0.25, 0.3) is 5.91 Å². The summed E-state index contributed by atoms with van der Waals surface area (Å²) in [5, 5.41) is 5.48. The van der Waals surface area contributed by atoms with Crippen LogP contribution in [0.2, 0.25) is 0 Å². The van der Waals surface area contributed by atoms with Gasteiger partial charge in [0.2, 0.25) is 5.91 Å². The van der Waals surface area contributed by atoms with Crippen molar-refractivity contribution in [1.82, 2.24) is 10.2 Å². The smallest absolute Gasteiger partial charge is 0.420 e. The van der Waals surface area contributed by atoms with E-state index in [1.807, 2.05) is 0 Å². The maximum Gasteiger partial charge on any atom is 0.491 e. The second-order valence-corrected chi connectivity index (χ2v) is 7.69. The van der Waals surface area contributed by atoms with Crippen molar-refractivity contribution in [3.63, 3.8) is 0 Å². The van der Waals surface area contributed by atoms with Gasteiger partial charge >= 0.3 is 18.3 Å². The lowest BCUT2D eigenvalue weighted by molar-refractivity contribution is -0.189. The molecular weight excluding hydrogens is 491 g/mol. The van der Waals surface area contributed by atoms with Crippen LogP contribution in [0, 0.1) is 5.82 Å². The van der Waals surface area contributed by atoms with Gasteiger partial charge in [-0.05, 0) is 29.8 Å². The molecule has 0 aromatic heterocycles. The van der Waals surface area contributed by atoms with Crippen LogP contribution >= 0.6 is 0 Å². The number of hydrogen-bond acceptors (Lipinski definition) is 5. The number of carbonyl (C=O) groups is 3. The lowest BCUT2D eigenvalue weighted by Gasteiger charge is -2.33. The van der Waals surface area contributed by atoms with Crippen molar-refractivity contribution >= 4 is 23.5 Å². The minimum absolute atomic E-state index is 0.0225. The summed E-state index contributed by atoms with van der Waals surface area (Å²) in [4.78, 5) is 37.9. The minimum Gasteiger partial charge on any atom is -0.420 e. The van der Waals surface area contributed by atoms with Crippen LogP contribution in [0.3, 0.4) is 0 Å². The molecule has 2 aliphatic rings. The molecule has 2 N–H and O–H groups in total. The van der Waals surface area contributed by atoms with E-state index in [0.717, 1.165) is 18.2 Å². The van der Waals surface area contributed by atoms with E-state index in [-0.39, 0.29) is 36.0 Å². The van der Waals surface area contributed by atoms with Crippen LogP contribution in [-0.4, -0.2) is 54.5 Å². The van der Waals surface area contributed by atoms with Crippen molar-refractivity contribution in [2.75, 3.05) is 25.0 Å². The van der Waals surface area contributed by atoms with Gasteiger partial charge in [0, 0.05) is 25.2 Å². The summed E-state index contributed by atoms with van der Waals surface area (Å²) in [5.74, 6) is -7.01. The molecule has 4 rings (SSSR count). The van der Waals surface area contributed by atoms with Crippen LogP contribution in [0.25, 0.3) is 11.1 Å². The molecule has 0 bridgehead atoms. The first kappa shape index (κ1) is 24.4. The zero-order chi connectivity index (χ0) is 25.7. The molecule has 35 heavy (non-hydrogen) atoms. The van der Waals surface area contributed by atoms with E-state index in [4.69, 9.17) is 0 Å². The van der Waals surface area contributed by atoms with E-state index >= 15 is 0 Å². The summed E-state index contributed by atoms with van der Waals surface area (Å²) in [5.41, 5.74) is -3.31. The van der Waals surface area contributed by atoms with Crippen molar-refractivity contribution in [2.24, 2.45) is 0 Å². The van der Waals surface area contributed by atoms with E-state index < -0.39 is 58.9 Å². The molecule has 2 aromatic rings. The van der Waals surface area contributed by atoms with Crippen LogP contribution in [0.15, 0.2) is 30.3 Å². The number of piperazine rings is 1. The number of benzene rings is 2. The van der Waals surface area contributed by atoms with Crippen LogP contribution in [0.4, 0.5) is 36.4 Å². The Bertz CT molecular complexity index is 1230. The third-order valence-electron chi connectivity index (χ3n) is 5.42. The molecule has 0 spiro atoms. The number of esters is 1. The van der Waals surface area contributed by atoms with Crippen molar-refractivity contribution in [1.29, 1.82) is 0 Å². The third kappa shape index (κ3) is 4.65. The fraction of sp³-hybridized carbons (Fsp3) is 0.286. The zero-order valence-electron chi connectivity index (χ0n) is 17.3. The molecule has 2 heterocycles. The molecule has 0 saturated carbocycles. The van der Waals surface area contributed by atoms with Gasteiger partial charge in [0.1, 0.15) is 17.6 Å². The quantitative estimate of drug-likeness (QED) is 0.372. The number of halogens is 7. The van der Waals surface area contributed by atoms with Gasteiger partial charge in [0.05, 0.1) is 16.8 Å². The Kier molecular flexibility index (Phi) is 5.95. The predicted molar refractivity (Wildman–Crippen MR) is 105 cm³/mol. The molecule has 1 fully saturated rings. The average molecular weight is 505 g/mol. The molecular formula is C21H14F7N3O4. The number of hydrogen-bond donors (Lipinski definition) is 2. The van der Waals surface area contributed by atoms with E-state index in [2.05, 4.69) is 15.4 Å². The van der Waals surface area contributed by atoms with Crippen LogP contribution < -0.4 is 15.4 Å². The molecule has 186 valence electrons. The molecule has 1 atom stereocenters. The van der Waals surface area contributed by atoms with Gasteiger partial charge in [-0.25, -0.2) is 9.18 Å². The van der Waals surface area contributed by atoms with E-state index in [1.165, 1.54) is 4.90 Å². The van der Waals surface area contributed by atoms with Gasteiger partial charge < -0.3 is 20.3 Å². The molecule has 0 aliphatic carbocycles. The number of rotatable bonds is 2. The first-order valence-electron chi connectivity index (χ1n) is 9.94. The van der Waals surface area contributed by atoms with Gasteiger partial charge in [-0.15, -0.1) is 0 Å². The Morgan fingerprint density at radius 3 is 2.40 bits per heavy atom. The Balaban J connectivity index is 1.83. The highest BCUT2D eigenvalue weighted by Gasteiger charge is 2.43. The molecule has 2 amide bonds. The maximum absolute atomic E-state index is 14.9. The van der Waals surface area contributed by atoms with Crippen molar-refractivity contribution < 1.29 is 49.9 Å². The van der Waals surface area contributed by atoms with Gasteiger partial charge in [-0.2, -0.15) is 26.3 Å². The molecule has 1 saturated heterocycles. The summed E-state index contributed by atoms with van der Waals surface area (Å²) in [7, 11) is 0. The fourth-order valence-electron chi connectivity index (χ4n) is 3.79. The predicted octanol–water partition coefficient (Wildman–Crippen LogP) is 3.35. The van der Waals surface area contributed by atoms with Crippen molar-refractivity contribution in [2.45, 2.75) is 18.4 Å². The standard InChI is InChI=1S/C21H14F7N3O4/c22-16-11(6-10(7-13(16)20(23,24)25)35-19(34)21(26,27)28)9-1-2-14-12(5-9)18(33)31-4-3-29-8-15(31)17(32)30-14/h1-2,5-7,15,29H,3-4,8H2,(H,30,32)/t15-/m0/s1. The Morgan fingerprint density at radius 2 is 1.74 bits per heavy atom. The molecule has 2 aliphatic heterocycles. The molecule has 0 unspecified atom stereocenters. The Hall–Kier alpha value is -3.68. The first-order valence-corrected chi connectivity index (χ1v) is 9.94. The minimum atomic E-state index is -5.51. The SMILES string of the molecule is O=C1Nc2ccc(-c3cc(OC(=O)C(F)(F)F)cc(C(F)(F)F)c3F)cc2C(=O)N2CCNC[C@@H]12. The molecule has 2 aromatic carbocycles. The molecule has 14 heteroatoms. The van der Waals surface area contributed by atoms with Crippen LogP contribution in [-0.2, 0) is 15.8 Å². The number of nitrogens with one attached hydrogen (secondary N) is 2. The number of fused-ring (bicyclic) bond motifs is 2. The number of nitrogens with zero attached hydrogens (tertiary/aromatic N) is 1.